The van der Waals surface area contributed by atoms with Crippen LogP contribution >= 0.6 is 7.14 Å². The van der Waals surface area contributed by atoms with Crippen molar-refractivity contribution in [1.82, 2.24) is 19.7 Å². The first-order valence-electron chi connectivity index (χ1n) is 11.3. The van der Waals surface area contributed by atoms with Crippen molar-refractivity contribution in [2.24, 2.45) is 0 Å². The molecule has 2 aliphatic rings. The summed E-state index contributed by atoms with van der Waals surface area (Å²) in [5.74, 6) is 0.821. The highest BCUT2D eigenvalue weighted by Gasteiger charge is 2.27. The topological polar surface area (TPSA) is 82.4 Å². The summed E-state index contributed by atoms with van der Waals surface area (Å²) >= 11 is 0. The molecule has 0 radical (unpaired) electrons. The maximum absolute atomic E-state index is 13.3. The zero-order valence-corrected chi connectivity index (χ0v) is 19.8. The van der Waals surface area contributed by atoms with Crippen LogP contribution in [0, 0.1) is 0 Å². The maximum Gasteiger partial charge on any atom is 0.150 e. The van der Waals surface area contributed by atoms with E-state index in [2.05, 4.69) is 16.9 Å². The largest absolute Gasteiger partial charge is 0.377 e. The zero-order valence-electron chi connectivity index (χ0n) is 18.9. The normalized spacial score (nSPS) is 22.4. The first kappa shape index (κ1) is 21.6. The van der Waals surface area contributed by atoms with Crippen molar-refractivity contribution >= 4 is 29.2 Å². The van der Waals surface area contributed by atoms with Crippen LogP contribution < -0.4 is 10.2 Å². The molecule has 0 aliphatic carbocycles. The molecule has 0 amide bonds. The lowest BCUT2D eigenvalue weighted by molar-refractivity contribution is -0.0383. The quantitative estimate of drug-likeness (QED) is 0.555. The van der Waals surface area contributed by atoms with Crippen molar-refractivity contribution in [3.8, 4) is 11.4 Å². The van der Waals surface area contributed by atoms with Crippen molar-refractivity contribution < 1.29 is 14.0 Å². The number of hydrogen-bond donors (Lipinski definition) is 0. The van der Waals surface area contributed by atoms with Gasteiger partial charge in [0.05, 0.1) is 24.9 Å². The van der Waals surface area contributed by atoms with Crippen LogP contribution in [0.25, 0.3) is 22.3 Å². The lowest BCUT2D eigenvalue weighted by atomic mass is 10.1. The van der Waals surface area contributed by atoms with Crippen LogP contribution in [0.3, 0.4) is 0 Å². The second-order valence-corrected chi connectivity index (χ2v) is 12.2. The molecular weight excluding hydrogens is 425 g/mol. The van der Waals surface area contributed by atoms with E-state index in [1.54, 1.807) is 12.4 Å². The van der Waals surface area contributed by atoms with E-state index in [0.717, 1.165) is 65.8 Å². The van der Waals surface area contributed by atoms with Crippen LogP contribution in [0.2, 0.25) is 0 Å². The molecule has 0 saturated carbocycles. The molecule has 2 saturated heterocycles. The first-order chi connectivity index (χ1) is 15.4. The number of nitrogens with zero attached hydrogens (tertiary/aromatic N) is 5. The van der Waals surface area contributed by atoms with Gasteiger partial charge in [0.15, 0.2) is 6.23 Å². The van der Waals surface area contributed by atoms with Crippen molar-refractivity contribution in [2.45, 2.75) is 38.5 Å². The Hall–Kier alpha value is -2.28. The van der Waals surface area contributed by atoms with Crippen molar-refractivity contribution in [1.29, 1.82) is 0 Å². The standard InChI is InChI=1S/C23H30N5O3P/c1-16-15-30-13-11-27(16)20-14-19(32(2,3)29)17-7-9-24-23(22(17)26-20)18-8-10-25-28(18)21-6-4-5-12-31-21/h7-10,14,16,21H,4-6,11-13,15H2,1-3H3. The predicted molar refractivity (Wildman–Crippen MR) is 126 cm³/mol. The van der Waals surface area contributed by atoms with Crippen LogP contribution in [0.15, 0.2) is 30.6 Å². The Labute approximate surface area is 188 Å². The zero-order chi connectivity index (χ0) is 22.3. The number of hydrogen-bond acceptors (Lipinski definition) is 7. The van der Waals surface area contributed by atoms with Gasteiger partial charge in [0.25, 0.3) is 0 Å². The molecule has 8 nitrogen and oxygen atoms in total. The third-order valence-corrected chi connectivity index (χ3v) is 7.81. The number of fused-ring (bicyclic) bond motifs is 1. The second-order valence-electron chi connectivity index (χ2n) is 9.01. The van der Waals surface area contributed by atoms with Crippen molar-refractivity contribution in [3.05, 3.63) is 30.6 Å². The molecular formula is C23H30N5O3P. The molecule has 2 atom stereocenters. The fourth-order valence-electron chi connectivity index (χ4n) is 4.62. The summed E-state index contributed by atoms with van der Waals surface area (Å²) in [5, 5.41) is 6.27. The third-order valence-electron chi connectivity index (χ3n) is 6.28. The van der Waals surface area contributed by atoms with Crippen LogP contribution in [-0.4, -0.2) is 65.5 Å². The molecule has 2 aliphatic heterocycles. The van der Waals surface area contributed by atoms with Gasteiger partial charge in [-0.25, -0.2) is 9.67 Å². The number of morpholine rings is 1. The Balaban J connectivity index is 1.71. The van der Waals surface area contributed by atoms with E-state index in [-0.39, 0.29) is 12.3 Å². The summed E-state index contributed by atoms with van der Waals surface area (Å²) in [6.45, 7) is 8.55. The van der Waals surface area contributed by atoms with Crippen LogP contribution in [-0.2, 0) is 14.0 Å². The van der Waals surface area contributed by atoms with Gasteiger partial charge < -0.3 is 18.9 Å². The number of ether oxygens (including phenoxy) is 2. The summed E-state index contributed by atoms with van der Waals surface area (Å²) in [4.78, 5) is 12.0. The van der Waals surface area contributed by atoms with Gasteiger partial charge in [-0.1, -0.05) is 0 Å². The Bertz CT molecular complexity index is 1170. The summed E-state index contributed by atoms with van der Waals surface area (Å²) in [5.41, 5.74) is 2.36. The number of pyridine rings is 2. The monoisotopic (exact) mass is 455 g/mol. The molecule has 170 valence electrons. The maximum atomic E-state index is 13.3. The minimum Gasteiger partial charge on any atom is -0.377 e. The lowest BCUT2D eigenvalue weighted by Gasteiger charge is -2.35. The predicted octanol–water partition coefficient (Wildman–Crippen LogP) is 3.67. The fourth-order valence-corrected chi connectivity index (χ4v) is 5.80. The van der Waals surface area contributed by atoms with E-state index >= 15 is 0 Å². The minimum atomic E-state index is -2.57. The van der Waals surface area contributed by atoms with Gasteiger partial charge in [0.2, 0.25) is 0 Å². The van der Waals surface area contributed by atoms with Crippen LogP contribution in [0.5, 0.6) is 0 Å². The summed E-state index contributed by atoms with van der Waals surface area (Å²) in [6, 6.07) is 6.07. The average molecular weight is 455 g/mol. The summed E-state index contributed by atoms with van der Waals surface area (Å²) in [6.07, 6.45) is 6.57. The van der Waals surface area contributed by atoms with Crippen LogP contribution in [0.4, 0.5) is 5.82 Å². The van der Waals surface area contributed by atoms with Gasteiger partial charge in [-0.15, -0.1) is 0 Å². The molecule has 0 spiro atoms. The molecule has 3 aromatic heterocycles. The Morgan fingerprint density at radius 2 is 2.03 bits per heavy atom. The van der Waals surface area contributed by atoms with E-state index in [4.69, 9.17) is 19.4 Å². The van der Waals surface area contributed by atoms with Gasteiger partial charge in [0, 0.05) is 36.2 Å². The van der Waals surface area contributed by atoms with E-state index in [1.165, 1.54) is 0 Å². The van der Waals surface area contributed by atoms with Gasteiger partial charge in [0.1, 0.15) is 24.2 Å². The highest BCUT2D eigenvalue weighted by molar-refractivity contribution is 7.70. The number of aromatic nitrogens is 4. The molecule has 5 rings (SSSR count). The molecule has 5 heterocycles. The van der Waals surface area contributed by atoms with E-state index in [0.29, 0.717) is 13.2 Å². The molecule has 3 aromatic rings. The lowest BCUT2D eigenvalue weighted by Crippen LogP contribution is -2.44. The molecule has 32 heavy (non-hydrogen) atoms. The van der Waals surface area contributed by atoms with Gasteiger partial charge in [-0.05, 0) is 57.7 Å². The minimum absolute atomic E-state index is 0.101. The van der Waals surface area contributed by atoms with Gasteiger partial charge in [-0.2, -0.15) is 5.10 Å². The second kappa shape index (κ2) is 8.58. The first-order valence-corrected chi connectivity index (χ1v) is 13.9. The molecule has 0 N–H and O–H groups in total. The van der Waals surface area contributed by atoms with E-state index in [1.807, 2.05) is 36.2 Å². The molecule has 9 heteroatoms. The van der Waals surface area contributed by atoms with Crippen molar-refractivity contribution in [2.75, 3.05) is 44.6 Å². The third kappa shape index (κ3) is 3.96. The fraction of sp³-hybridized carbons (Fsp3) is 0.522. The van der Waals surface area contributed by atoms with Gasteiger partial charge >= 0.3 is 0 Å². The average Bonchev–Trinajstić information content (AvgIpc) is 3.28. The molecule has 2 unspecified atom stereocenters. The Morgan fingerprint density at radius 1 is 1.16 bits per heavy atom. The SMILES string of the molecule is CC1COCCN1c1cc(P(C)(C)=O)c2ccnc(-c3ccnn3C3CCCCO3)c2n1. The molecule has 0 aromatic carbocycles. The van der Waals surface area contributed by atoms with Crippen LogP contribution in [0.1, 0.15) is 32.4 Å². The molecule has 0 bridgehead atoms. The Morgan fingerprint density at radius 3 is 2.78 bits per heavy atom. The Kier molecular flexibility index (Phi) is 5.78. The number of anilines is 1. The number of rotatable bonds is 4. The highest BCUT2D eigenvalue weighted by atomic mass is 31.2. The summed E-state index contributed by atoms with van der Waals surface area (Å²) in [7, 11) is -2.57. The van der Waals surface area contributed by atoms with E-state index in [9.17, 15) is 4.57 Å². The highest BCUT2D eigenvalue weighted by Crippen LogP contribution is 2.40. The smallest absolute Gasteiger partial charge is 0.150 e. The molecule has 2 fully saturated rings. The van der Waals surface area contributed by atoms with E-state index < -0.39 is 7.14 Å². The van der Waals surface area contributed by atoms with Gasteiger partial charge in [-0.3, -0.25) is 4.98 Å². The van der Waals surface area contributed by atoms with Crippen molar-refractivity contribution in [3.63, 3.8) is 0 Å². The summed E-state index contributed by atoms with van der Waals surface area (Å²) < 4.78 is 26.9.